The molecule has 0 radical (unpaired) electrons. The van der Waals surface area contributed by atoms with Crippen molar-refractivity contribution in [1.82, 2.24) is 15.0 Å². The third-order valence-electron chi connectivity index (χ3n) is 2.63. The summed E-state index contributed by atoms with van der Waals surface area (Å²) in [7, 11) is 1.33. The number of carbonyl (C=O) groups is 1. The Morgan fingerprint density at radius 2 is 2.11 bits per heavy atom. The third kappa shape index (κ3) is 3.16. The van der Waals surface area contributed by atoms with Crippen molar-refractivity contribution < 1.29 is 9.53 Å². The van der Waals surface area contributed by atoms with E-state index in [1.807, 2.05) is 18.2 Å². The number of aryl methyl sites for hydroxylation is 2. The van der Waals surface area contributed by atoms with E-state index in [9.17, 15) is 4.79 Å². The lowest BCUT2D eigenvalue weighted by molar-refractivity contribution is 0.0594. The maximum absolute atomic E-state index is 11.2. The van der Waals surface area contributed by atoms with Crippen molar-refractivity contribution in [2.45, 2.75) is 19.4 Å². The minimum atomic E-state index is -0.454. The Labute approximate surface area is 105 Å². The molecule has 0 aliphatic heterocycles. The van der Waals surface area contributed by atoms with Gasteiger partial charge in [0.05, 0.1) is 13.3 Å². The lowest BCUT2D eigenvalue weighted by atomic mass is 10.1. The van der Waals surface area contributed by atoms with Crippen molar-refractivity contribution in [2.24, 2.45) is 0 Å². The van der Waals surface area contributed by atoms with Gasteiger partial charge in [0, 0.05) is 6.54 Å². The Balaban J connectivity index is 1.84. The van der Waals surface area contributed by atoms with Gasteiger partial charge in [-0.1, -0.05) is 35.5 Å². The fraction of sp³-hybridized carbons (Fsp3) is 0.308. The molecule has 0 saturated heterocycles. The molecule has 2 rings (SSSR count). The number of nitrogens with zero attached hydrogens (tertiary/aromatic N) is 3. The van der Waals surface area contributed by atoms with E-state index in [0.29, 0.717) is 0 Å². The van der Waals surface area contributed by atoms with Gasteiger partial charge in [0.2, 0.25) is 0 Å². The highest BCUT2D eigenvalue weighted by Gasteiger charge is 2.09. The summed E-state index contributed by atoms with van der Waals surface area (Å²) >= 11 is 0. The van der Waals surface area contributed by atoms with Crippen LogP contribution in [-0.2, 0) is 17.7 Å². The Morgan fingerprint density at radius 3 is 2.83 bits per heavy atom. The molecule has 0 amide bonds. The van der Waals surface area contributed by atoms with Gasteiger partial charge >= 0.3 is 5.97 Å². The normalized spacial score (nSPS) is 10.3. The molecule has 0 fully saturated rings. The second-order valence-corrected chi connectivity index (χ2v) is 3.95. The fourth-order valence-electron chi connectivity index (χ4n) is 1.70. The summed E-state index contributed by atoms with van der Waals surface area (Å²) < 4.78 is 6.23. The van der Waals surface area contributed by atoms with Crippen LogP contribution in [0.3, 0.4) is 0 Å². The van der Waals surface area contributed by atoms with E-state index >= 15 is 0 Å². The summed E-state index contributed by atoms with van der Waals surface area (Å²) in [5.74, 6) is -0.454. The molecule has 0 aliphatic carbocycles. The molecule has 1 aromatic carbocycles. The molecule has 5 heteroatoms. The second kappa shape index (κ2) is 5.95. The van der Waals surface area contributed by atoms with Crippen LogP contribution >= 0.6 is 0 Å². The average molecular weight is 245 g/mol. The molecule has 0 bridgehead atoms. The molecule has 5 nitrogen and oxygen atoms in total. The summed E-state index contributed by atoms with van der Waals surface area (Å²) in [4.78, 5) is 11.2. The zero-order chi connectivity index (χ0) is 12.8. The van der Waals surface area contributed by atoms with Gasteiger partial charge in [-0.15, -0.1) is 5.10 Å². The van der Waals surface area contributed by atoms with Gasteiger partial charge in [-0.3, -0.25) is 4.68 Å². The molecule has 0 atom stereocenters. The number of benzene rings is 1. The predicted molar refractivity (Wildman–Crippen MR) is 66.1 cm³/mol. The third-order valence-corrected chi connectivity index (χ3v) is 2.63. The predicted octanol–water partition coefficient (Wildman–Crippen LogP) is 1.70. The molecular formula is C13H15N3O2. The van der Waals surface area contributed by atoms with Crippen LogP contribution in [0.1, 0.15) is 22.5 Å². The molecule has 0 saturated carbocycles. The van der Waals surface area contributed by atoms with Crippen molar-refractivity contribution in [2.75, 3.05) is 7.11 Å². The summed E-state index contributed by atoms with van der Waals surface area (Å²) in [6.45, 7) is 0.735. The van der Waals surface area contributed by atoms with Crippen LogP contribution in [-0.4, -0.2) is 28.1 Å². The Kier molecular flexibility index (Phi) is 4.06. The molecular weight excluding hydrogens is 230 g/mol. The van der Waals surface area contributed by atoms with Gasteiger partial charge < -0.3 is 4.74 Å². The molecule has 2 aromatic rings. The van der Waals surface area contributed by atoms with Crippen LogP contribution in [0.25, 0.3) is 0 Å². The van der Waals surface area contributed by atoms with Crippen LogP contribution in [0.5, 0.6) is 0 Å². The lowest BCUT2D eigenvalue weighted by Crippen LogP contribution is -2.01. The number of methoxy groups -OCH3 is 1. The van der Waals surface area contributed by atoms with Crippen molar-refractivity contribution in [3.8, 4) is 0 Å². The Bertz CT molecular complexity index is 508. The molecule has 0 spiro atoms. The van der Waals surface area contributed by atoms with E-state index < -0.39 is 5.97 Å². The van der Waals surface area contributed by atoms with E-state index in [1.54, 1.807) is 10.9 Å². The van der Waals surface area contributed by atoms with Gasteiger partial charge in [0.25, 0.3) is 0 Å². The van der Waals surface area contributed by atoms with Crippen molar-refractivity contribution in [3.63, 3.8) is 0 Å². The first kappa shape index (κ1) is 12.3. The van der Waals surface area contributed by atoms with Crippen molar-refractivity contribution in [1.29, 1.82) is 0 Å². The number of hydrogen-bond donors (Lipinski definition) is 0. The SMILES string of the molecule is COC(=O)c1cn(CCCc2ccccc2)nn1. The van der Waals surface area contributed by atoms with Crippen LogP contribution < -0.4 is 0 Å². The van der Waals surface area contributed by atoms with Gasteiger partial charge in [0.1, 0.15) is 0 Å². The van der Waals surface area contributed by atoms with Crippen LogP contribution in [0.4, 0.5) is 0 Å². The number of ether oxygens (including phenoxy) is 1. The first-order valence-electron chi connectivity index (χ1n) is 5.82. The van der Waals surface area contributed by atoms with Gasteiger partial charge in [0.15, 0.2) is 5.69 Å². The number of esters is 1. The molecule has 1 heterocycles. The van der Waals surface area contributed by atoms with Crippen LogP contribution in [0.15, 0.2) is 36.5 Å². The van der Waals surface area contributed by atoms with E-state index in [4.69, 9.17) is 0 Å². The Morgan fingerprint density at radius 1 is 1.33 bits per heavy atom. The lowest BCUT2D eigenvalue weighted by Gasteiger charge is -2.01. The van der Waals surface area contributed by atoms with Crippen LogP contribution in [0, 0.1) is 0 Å². The minimum Gasteiger partial charge on any atom is -0.464 e. The van der Waals surface area contributed by atoms with E-state index in [-0.39, 0.29) is 5.69 Å². The number of rotatable bonds is 5. The van der Waals surface area contributed by atoms with Gasteiger partial charge in [-0.2, -0.15) is 0 Å². The average Bonchev–Trinajstić information content (AvgIpc) is 2.88. The fourth-order valence-corrected chi connectivity index (χ4v) is 1.70. The quantitative estimate of drug-likeness (QED) is 0.752. The number of aromatic nitrogens is 3. The zero-order valence-corrected chi connectivity index (χ0v) is 10.2. The first-order chi connectivity index (χ1) is 8.79. The minimum absolute atomic E-state index is 0.247. The smallest absolute Gasteiger partial charge is 0.360 e. The zero-order valence-electron chi connectivity index (χ0n) is 10.2. The molecule has 0 N–H and O–H groups in total. The highest BCUT2D eigenvalue weighted by atomic mass is 16.5. The summed E-state index contributed by atoms with van der Waals surface area (Å²) in [5.41, 5.74) is 1.54. The van der Waals surface area contributed by atoms with Crippen LogP contribution in [0.2, 0.25) is 0 Å². The number of carbonyl (C=O) groups excluding carboxylic acids is 1. The Hall–Kier alpha value is -2.17. The monoisotopic (exact) mass is 245 g/mol. The maximum atomic E-state index is 11.2. The first-order valence-corrected chi connectivity index (χ1v) is 5.82. The molecule has 0 unspecified atom stereocenters. The van der Waals surface area contributed by atoms with Gasteiger partial charge in [-0.05, 0) is 18.4 Å². The summed E-state index contributed by atoms with van der Waals surface area (Å²) in [6, 6.07) is 10.3. The highest BCUT2D eigenvalue weighted by molar-refractivity contribution is 5.86. The summed E-state index contributed by atoms with van der Waals surface area (Å²) in [6.07, 6.45) is 3.54. The second-order valence-electron chi connectivity index (χ2n) is 3.95. The molecule has 0 aliphatic rings. The topological polar surface area (TPSA) is 57.0 Å². The molecule has 1 aromatic heterocycles. The maximum Gasteiger partial charge on any atom is 0.360 e. The highest BCUT2D eigenvalue weighted by Crippen LogP contribution is 2.04. The molecule has 94 valence electrons. The summed E-state index contributed by atoms with van der Waals surface area (Å²) in [5, 5.41) is 7.63. The molecule has 18 heavy (non-hydrogen) atoms. The van der Waals surface area contributed by atoms with Crippen molar-refractivity contribution >= 4 is 5.97 Å². The van der Waals surface area contributed by atoms with Crippen molar-refractivity contribution in [3.05, 3.63) is 47.8 Å². The van der Waals surface area contributed by atoms with E-state index in [2.05, 4.69) is 27.2 Å². The van der Waals surface area contributed by atoms with E-state index in [1.165, 1.54) is 12.7 Å². The van der Waals surface area contributed by atoms with Gasteiger partial charge in [-0.25, -0.2) is 4.79 Å². The number of hydrogen-bond acceptors (Lipinski definition) is 4. The standard InChI is InChI=1S/C13H15N3O2/c1-18-13(17)12-10-16(15-14-12)9-5-8-11-6-3-2-4-7-11/h2-4,6-7,10H,5,8-9H2,1H3. The van der Waals surface area contributed by atoms with E-state index in [0.717, 1.165) is 19.4 Å². The largest absolute Gasteiger partial charge is 0.464 e.